The molecule has 19 heavy (non-hydrogen) atoms. The van der Waals surface area contributed by atoms with Gasteiger partial charge >= 0.3 is 0 Å². The van der Waals surface area contributed by atoms with Gasteiger partial charge in [0.25, 0.3) is 5.91 Å². The largest absolute Gasteiger partial charge is 0.366 e. The van der Waals surface area contributed by atoms with Crippen LogP contribution in [0.2, 0.25) is 0 Å². The zero-order valence-electron chi connectivity index (χ0n) is 11.3. The molecule has 108 valence electrons. The molecule has 7 heteroatoms. The number of nitrogens with two attached hydrogens (primary N) is 2. The number of nitrogens with zero attached hydrogens (tertiary/aromatic N) is 1. The number of hydrogen-bond donors (Lipinski definition) is 2. The third-order valence-corrected chi connectivity index (χ3v) is 3.58. The van der Waals surface area contributed by atoms with Gasteiger partial charge in [-0.1, -0.05) is 13.8 Å². The molecule has 0 fully saturated rings. The first kappa shape index (κ1) is 17.9. The second-order valence-corrected chi connectivity index (χ2v) is 6.00. The van der Waals surface area contributed by atoms with Crippen LogP contribution in [0, 0.1) is 5.41 Å². The van der Waals surface area contributed by atoms with Gasteiger partial charge in [0, 0.05) is 19.0 Å². The number of hydrogen-bond acceptors (Lipinski definition) is 4. The summed E-state index contributed by atoms with van der Waals surface area (Å²) in [4.78, 5) is 25.2. The van der Waals surface area contributed by atoms with Crippen LogP contribution < -0.4 is 11.5 Å². The van der Waals surface area contributed by atoms with Crippen LogP contribution in [0.25, 0.3) is 0 Å². The maximum atomic E-state index is 12.1. The maximum absolute atomic E-state index is 12.1. The summed E-state index contributed by atoms with van der Waals surface area (Å²) in [5, 5.41) is 1.59. The molecule has 1 rings (SSSR count). The molecular formula is C12H20ClN3O2S. The summed E-state index contributed by atoms with van der Waals surface area (Å²) in [5.74, 6) is -0.635. The first-order valence-corrected chi connectivity index (χ1v) is 6.48. The van der Waals surface area contributed by atoms with Crippen molar-refractivity contribution in [2.45, 2.75) is 13.8 Å². The smallest absolute Gasteiger partial charge is 0.263 e. The predicted octanol–water partition coefficient (Wildman–Crippen LogP) is 1.33. The predicted molar refractivity (Wildman–Crippen MR) is 79.9 cm³/mol. The highest BCUT2D eigenvalue weighted by Crippen LogP contribution is 2.19. The molecule has 0 saturated carbocycles. The van der Waals surface area contributed by atoms with Crippen molar-refractivity contribution in [3.8, 4) is 0 Å². The lowest BCUT2D eigenvalue weighted by Gasteiger charge is -2.28. The van der Waals surface area contributed by atoms with Gasteiger partial charge in [-0.2, -0.15) is 0 Å². The summed E-state index contributed by atoms with van der Waals surface area (Å²) >= 11 is 1.22. The fourth-order valence-corrected chi connectivity index (χ4v) is 2.43. The Bertz CT molecular complexity index is 460. The van der Waals surface area contributed by atoms with Gasteiger partial charge in [0.15, 0.2) is 0 Å². The van der Waals surface area contributed by atoms with Crippen molar-refractivity contribution in [1.29, 1.82) is 0 Å². The number of amides is 2. The summed E-state index contributed by atoms with van der Waals surface area (Å²) in [6, 6.07) is 1.53. The van der Waals surface area contributed by atoms with Crippen LogP contribution >= 0.6 is 23.7 Å². The van der Waals surface area contributed by atoms with Crippen LogP contribution in [-0.4, -0.2) is 36.9 Å². The van der Waals surface area contributed by atoms with Gasteiger partial charge in [-0.15, -0.1) is 23.7 Å². The molecule has 4 N–H and O–H groups in total. The average Bonchev–Trinajstić information content (AvgIpc) is 2.76. The monoisotopic (exact) mass is 305 g/mol. The number of carbonyl (C=O) groups excluding carboxylic acids is 2. The van der Waals surface area contributed by atoms with E-state index >= 15 is 0 Å². The van der Waals surface area contributed by atoms with Gasteiger partial charge < -0.3 is 16.4 Å². The third kappa shape index (κ3) is 4.81. The van der Waals surface area contributed by atoms with E-state index in [0.29, 0.717) is 23.5 Å². The molecule has 0 spiro atoms. The Balaban J connectivity index is 0.00000324. The molecule has 0 saturated heterocycles. The number of carbonyl (C=O) groups is 2. The first-order valence-electron chi connectivity index (χ1n) is 5.61. The molecule has 1 heterocycles. The van der Waals surface area contributed by atoms with Crippen molar-refractivity contribution in [2.75, 3.05) is 20.1 Å². The molecular weight excluding hydrogens is 286 g/mol. The molecule has 1 aromatic heterocycles. The van der Waals surface area contributed by atoms with E-state index in [4.69, 9.17) is 11.5 Å². The molecule has 2 amide bonds. The molecule has 0 unspecified atom stereocenters. The highest BCUT2D eigenvalue weighted by molar-refractivity contribution is 7.12. The topological polar surface area (TPSA) is 89.4 Å². The van der Waals surface area contributed by atoms with E-state index in [2.05, 4.69) is 0 Å². The third-order valence-electron chi connectivity index (χ3n) is 2.66. The van der Waals surface area contributed by atoms with Crippen molar-refractivity contribution >= 4 is 35.6 Å². The summed E-state index contributed by atoms with van der Waals surface area (Å²) in [5.41, 5.74) is 11.0. The summed E-state index contributed by atoms with van der Waals surface area (Å²) in [6.45, 7) is 5.06. The van der Waals surface area contributed by atoms with Gasteiger partial charge in [-0.05, 0) is 18.0 Å². The van der Waals surface area contributed by atoms with Crippen molar-refractivity contribution in [3.63, 3.8) is 0 Å². The van der Waals surface area contributed by atoms with E-state index in [-0.39, 0.29) is 23.7 Å². The summed E-state index contributed by atoms with van der Waals surface area (Å²) < 4.78 is 0. The second-order valence-electron chi connectivity index (χ2n) is 5.09. The number of halogens is 1. The lowest BCUT2D eigenvalue weighted by Crippen LogP contribution is -2.39. The molecule has 0 radical (unpaired) electrons. The van der Waals surface area contributed by atoms with Crippen LogP contribution in [0.5, 0.6) is 0 Å². The van der Waals surface area contributed by atoms with Crippen LogP contribution in [0.4, 0.5) is 0 Å². The van der Waals surface area contributed by atoms with Gasteiger partial charge in [-0.25, -0.2) is 0 Å². The Kier molecular flexibility index (Phi) is 6.48. The van der Waals surface area contributed by atoms with Gasteiger partial charge in [0.05, 0.1) is 10.4 Å². The van der Waals surface area contributed by atoms with E-state index in [1.54, 1.807) is 17.3 Å². The van der Waals surface area contributed by atoms with E-state index in [1.165, 1.54) is 17.4 Å². The molecule has 1 aromatic rings. The Morgan fingerprint density at radius 2 is 2.00 bits per heavy atom. The SMILES string of the molecule is CN(CC(C)(C)CN)C(=O)c1cc(C(N)=O)cs1.Cl. The second kappa shape index (κ2) is 6.88. The Morgan fingerprint density at radius 1 is 1.42 bits per heavy atom. The number of thiophene rings is 1. The maximum Gasteiger partial charge on any atom is 0.263 e. The summed E-state index contributed by atoms with van der Waals surface area (Å²) in [6.07, 6.45) is 0. The van der Waals surface area contributed by atoms with Crippen LogP contribution in [0.15, 0.2) is 11.4 Å². The highest BCUT2D eigenvalue weighted by atomic mass is 35.5. The molecule has 0 bridgehead atoms. The van der Waals surface area contributed by atoms with Crippen LogP contribution in [-0.2, 0) is 0 Å². The van der Waals surface area contributed by atoms with Gasteiger partial charge in [0.1, 0.15) is 0 Å². The lowest BCUT2D eigenvalue weighted by molar-refractivity contribution is 0.0745. The van der Waals surface area contributed by atoms with E-state index in [1.807, 2.05) is 13.8 Å². The molecule has 0 aliphatic carbocycles. The van der Waals surface area contributed by atoms with Crippen molar-refractivity contribution < 1.29 is 9.59 Å². The highest BCUT2D eigenvalue weighted by Gasteiger charge is 2.23. The normalized spacial score (nSPS) is 10.7. The molecule has 0 atom stereocenters. The summed E-state index contributed by atoms with van der Waals surface area (Å²) in [7, 11) is 1.73. The standard InChI is InChI=1S/C12H19N3O2S.ClH/c1-12(2,6-13)7-15(3)11(17)9-4-8(5-18-9)10(14)16;/h4-5H,6-7,13H2,1-3H3,(H2,14,16);1H. The van der Waals surface area contributed by atoms with Crippen LogP contribution in [0.3, 0.4) is 0 Å². The lowest BCUT2D eigenvalue weighted by atomic mass is 9.93. The van der Waals surface area contributed by atoms with E-state index < -0.39 is 5.91 Å². The van der Waals surface area contributed by atoms with Crippen molar-refractivity contribution in [2.24, 2.45) is 16.9 Å². The van der Waals surface area contributed by atoms with Gasteiger partial charge in [0.2, 0.25) is 5.91 Å². The number of primary amides is 1. The number of rotatable bonds is 5. The zero-order chi connectivity index (χ0) is 13.9. The van der Waals surface area contributed by atoms with Gasteiger partial charge in [-0.3, -0.25) is 9.59 Å². The fourth-order valence-electron chi connectivity index (χ4n) is 1.54. The quantitative estimate of drug-likeness (QED) is 0.860. The van der Waals surface area contributed by atoms with E-state index in [9.17, 15) is 9.59 Å². The van der Waals surface area contributed by atoms with Crippen molar-refractivity contribution in [3.05, 3.63) is 21.9 Å². The molecule has 5 nitrogen and oxygen atoms in total. The Hall–Kier alpha value is -1.11. The Labute approximate surface area is 123 Å². The average molecular weight is 306 g/mol. The molecule has 0 aromatic carbocycles. The molecule has 0 aliphatic rings. The Morgan fingerprint density at radius 3 is 2.42 bits per heavy atom. The first-order chi connectivity index (χ1) is 8.26. The minimum Gasteiger partial charge on any atom is -0.366 e. The molecule has 0 aliphatic heterocycles. The van der Waals surface area contributed by atoms with E-state index in [0.717, 1.165) is 0 Å². The fraction of sp³-hybridized carbons (Fsp3) is 0.500. The van der Waals surface area contributed by atoms with Crippen LogP contribution in [0.1, 0.15) is 33.9 Å². The minimum absolute atomic E-state index is 0. The minimum atomic E-state index is -0.518. The zero-order valence-corrected chi connectivity index (χ0v) is 12.9. The van der Waals surface area contributed by atoms with Crippen molar-refractivity contribution in [1.82, 2.24) is 4.90 Å².